The Hall–Kier alpha value is -2.36. The molecule has 0 spiro atoms. The van der Waals surface area contributed by atoms with Gasteiger partial charge in [-0.05, 0) is 18.6 Å². The summed E-state index contributed by atoms with van der Waals surface area (Å²) >= 11 is 0. The van der Waals surface area contributed by atoms with Crippen molar-refractivity contribution in [2.45, 2.75) is 6.92 Å². The van der Waals surface area contributed by atoms with Crippen molar-refractivity contribution in [2.75, 3.05) is 5.73 Å². The zero-order chi connectivity index (χ0) is 11.8. The lowest BCUT2D eigenvalue weighted by atomic mass is 10.2. The van der Waals surface area contributed by atoms with E-state index in [9.17, 15) is 0 Å². The van der Waals surface area contributed by atoms with Crippen LogP contribution in [-0.2, 0) is 0 Å². The van der Waals surface area contributed by atoms with Crippen molar-refractivity contribution in [3.8, 4) is 11.5 Å². The summed E-state index contributed by atoms with van der Waals surface area (Å²) in [4.78, 5) is 8.20. The maximum Gasteiger partial charge on any atom is 0.157 e. The number of benzene rings is 1. The highest BCUT2D eigenvalue weighted by Crippen LogP contribution is 2.30. The highest BCUT2D eigenvalue weighted by atomic mass is 16.3. The van der Waals surface area contributed by atoms with Crippen LogP contribution in [0.5, 0.6) is 0 Å². The summed E-state index contributed by atoms with van der Waals surface area (Å²) in [7, 11) is 0. The maximum absolute atomic E-state index is 5.78. The molecule has 4 heteroatoms. The molecule has 0 saturated heterocycles. The molecule has 17 heavy (non-hydrogen) atoms. The summed E-state index contributed by atoms with van der Waals surface area (Å²) in [6.45, 7) is 2.01. The molecule has 0 radical (unpaired) electrons. The van der Waals surface area contributed by atoms with Crippen LogP contribution in [0.1, 0.15) is 5.56 Å². The molecule has 2 heterocycles. The molecule has 4 nitrogen and oxygen atoms in total. The van der Waals surface area contributed by atoms with Gasteiger partial charge in [0.25, 0.3) is 0 Å². The summed E-state index contributed by atoms with van der Waals surface area (Å²) in [6.07, 6.45) is 3.17. The first-order chi connectivity index (χ1) is 8.25. The minimum absolute atomic E-state index is 0.379. The van der Waals surface area contributed by atoms with E-state index in [4.69, 9.17) is 10.2 Å². The van der Waals surface area contributed by atoms with Crippen LogP contribution in [0.2, 0.25) is 0 Å². The lowest BCUT2D eigenvalue weighted by molar-refractivity contribution is 0.626. The Labute approximate surface area is 98.1 Å². The standard InChI is InChI=1S/C13H11N3O/c1-8-3-2-4-9-7-10(17-12(8)9)11-13(14)16-6-5-15-11/h2-7H,1H3,(H2,14,16). The predicted octanol–water partition coefficient (Wildman–Crippen LogP) is 2.78. The van der Waals surface area contributed by atoms with Gasteiger partial charge in [-0.25, -0.2) is 9.97 Å². The monoisotopic (exact) mass is 225 g/mol. The molecule has 0 saturated carbocycles. The van der Waals surface area contributed by atoms with Crippen LogP contribution in [0.3, 0.4) is 0 Å². The molecule has 0 atom stereocenters. The highest BCUT2D eigenvalue weighted by Gasteiger charge is 2.11. The molecule has 0 amide bonds. The van der Waals surface area contributed by atoms with Crippen LogP contribution in [0, 0.1) is 6.92 Å². The quantitative estimate of drug-likeness (QED) is 0.691. The molecule has 84 valence electrons. The molecule has 0 bridgehead atoms. The van der Waals surface area contributed by atoms with Gasteiger partial charge in [-0.15, -0.1) is 0 Å². The van der Waals surface area contributed by atoms with Gasteiger partial charge in [0.15, 0.2) is 11.6 Å². The Morgan fingerprint density at radius 3 is 2.76 bits per heavy atom. The Morgan fingerprint density at radius 2 is 2.00 bits per heavy atom. The molecule has 0 aliphatic carbocycles. The summed E-state index contributed by atoms with van der Waals surface area (Å²) in [5, 5.41) is 1.05. The number of aryl methyl sites for hydroxylation is 1. The van der Waals surface area contributed by atoms with Gasteiger partial charge < -0.3 is 10.2 Å². The Morgan fingerprint density at radius 1 is 1.18 bits per heavy atom. The van der Waals surface area contributed by atoms with Gasteiger partial charge in [-0.1, -0.05) is 18.2 Å². The van der Waals surface area contributed by atoms with Gasteiger partial charge in [0.2, 0.25) is 0 Å². The van der Waals surface area contributed by atoms with Gasteiger partial charge in [0, 0.05) is 17.8 Å². The topological polar surface area (TPSA) is 64.9 Å². The first-order valence-electron chi connectivity index (χ1n) is 5.32. The molecule has 3 rings (SSSR count). The normalized spacial score (nSPS) is 10.9. The van der Waals surface area contributed by atoms with Crippen molar-refractivity contribution >= 4 is 16.8 Å². The zero-order valence-corrected chi connectivity index (χ0v) is 9.34. The van der Waals surface area contributed by atoms with Crippen molar-refractivity contribution in [3.05, 3.63) is 42.2 Å². The van der Waals surface area contributed by atoms with Gasteiger partial charge in [0.1, 0.15) is 11.3 Å². The zero-order valence-electron chi connectivity index (χ0n) is 9.34. The molecule has 0 unspecified atom stereocenters. The van der Waals surface area contributed by atoms with Crippen molar-refractivity contribution in [1.29, 1.82) is 0 Å². The molecule has 0 aliphatic rings. The van der Waals surface area contributed by atoms with Gasteiger partial charge in [-0.2, -0.15) is 0 Å². The third kappa shape index (κ3) is 1.54. The van der Waals surface area contributed by atoms with Crippen molar-refractivity contribution < 1.29 is 4.42 Å². The van der Waals surface area contributed by atoms with Crippen molar-refractivity contribution in [1.82, 2.24) is 9.97 Å². The number of aromatic nitrogens is 2. The van der Waals surface area contributed by atoms with Gasteiger partial charge in [0.05, 0.1) is 0 Å². The largest absolute Gasteiger partial charge is 0.454 e. The highest BCUT2D eigenvalue weighted by molar-refractivity contribution is 5.85. The van der Waals surface area contributed by atoms with E-state index in [0.29, 0.717) is 17.3 Å². The van der Waals surface area contributed by atoms with E-state index in [-0.39, 0.29) is 0 Å². The number of nitrogens with two attached hydrogens (primary N) is 1. The average Bonchev–Trinajstić information content (AvgIpc) is 2.75. The van der Waals surface area contributed by atoms with E-state index in [1.807, 2.05) is 31.2 Å². The van der Waals surface area contributed by atoms with Crippen LogP contribution in [0.4, 0.5) is 5.82 Å². The van der Waals surface area contributed by atoms with E-state index in [0.717, 1.165) is 16.5 Å². The third-order valence-electron chi connectivity index (χ3n) is 2.70. The third-order valence-corrected chi connectivity index (χ3v) is 2.70. The number of para-hydroxylation sites is 1. The molecule has 2 N–H and O–H groups in total. The average molecular weight is 225 g/mol. The fourth-order valence-corrected chi connectivity index (χ4v) is 1.86. The minimum atomic E-state index is 0.379. The van der Waals surface area contributed by atoms with Gasteiger partial charge in [-0.3, -0.25) is 0 Å². The van der Waals surface area contributed by atoms with E-state index < -0.39 is 0 Å². The van der Waals surface area contributed by atoms with Crippen molar-refractivity contribution in [2.24, 2.45) is 0 Å². The minimum Gasteiger partial charge on any atom is -0.454 e. The fourth-order valence-electron chi connectivity index (χ4n) is 1.86. The lowest BCUT2D eigenvalue weighted by Gasteiger charge is -1.98. The number of rotatable bonds is 1. The Bertz CT molecular complexity index is 688. The van der Waals surface area contributed by atoms with Crippen LogP contribution in [-0.4, -0.2) is 9.97 Å². The van der Waals surface area contributed by atoms with Crippen LogP contribution in [0.25, 0.3) is 22.4 Å². The molecular formula is C13H11N3O. The molecule has 2 aromatic heterocycles. The second kappa shape index (κ2) is 3.59. The van der Waals surface area contributed by atoms with E-state index in [1.165, 1.54) is 0 Å². The molecular weight excluding hydrogens is 214 g/mol. The Balaban J connectivity index is 2.26. The number of anilines is 1. The number of nitrogens with zero attached hydrogens (tertiary/aromatic N) is 2. The van der Waals surface area contributed by atoms with E-state index >= 15 is 0 Å². The summed E-state index contributed by atoms with van der Waals surface area (Å²) < 4.78 is 5.78. The number of nitrogen functional groups attached to an aromatic ring is 1. The summed E-state index contributed by atoms with van der Waals surface area (Å²) in [5.74, 6) is 1.03. The Kier molecular flexibility index (Phi) is 2.08. The first-order valence-corrected chi connectivity index (χ1v) is 5.32. The SMILES string of the molecule is Cc1cccc2cc(-c3nccnc3N)oc12. The molecule has 3 aromatic rings. The summed E-state index contributed by atoms with van der Waals surface area (Å²) in [6, 6.07) is 7.94. The van der Waals surface area contributed by atoms with E-state index in [2.05, 4.69) is 9.97 Å². The number of hydrogen-bond donors (Lipinski definition) is 1. The van der Waals surface area contributed by atoms with E-state index in [1.54, 1.807) is 12.4 Å². The fraction of sp³-hybridized carbons (Fsp3) is 0.0769. The molecule has 0 aliphatic heterocycles. The molecule has 1 aromatic carbocycles. The second-order valence-corrected chi connectivity index (χ2v) is 3.89. The number of hydrogen-bond acceptors (Lipinski definition) is 4. The number of fused-ring (bicyclic) bond motifs is 1. The smallest absolute Gasteiger partial charge is 0.157 e. The maximum atomic E-state index is 5.78. The number of furan rings is 1. The van der Waals surface area contributed by atoms with Gasteiger partial charge >= 0.3 is 0 Å². The molecule has 0 fully saturated rings. The predicted molar refractivity (Wildman–Crippen MR) is 66.4 cm³/mol. The summed E-state index contributed by atoms with van der Waals surface area (Å²) in [5.41, 5.74) is 8.33. The van der Waals surface area contributed by atoms with Crippen molar-refractivity contribution in [3.63, 3.8) is 0 Å². The lowest BCUT2D eigenvalue weighted by Crippen LogP contribution is -1.94. The first kappa shape index (κ1) is 9.84. The van der Waals surface area contributed by atoms with Crippen LogP contribution >= 0.6 is 0 Å². The van der Waals surface area contributed by atoms with Crippen LogP contribution in [0.15, 0.2) is 41.1 Å². The van der Waals surface area contributed by atoms with Crippen LogP contribution < -0.4 is 5.73 Å². The second-order valence-electron chi connectivity index (χ2n) is 3.89.